The van der Waals surface area contributed by atoms with Crippen LogP contribution < -0.4 is 5.32 Å². The van der Waals surface area contributed by atoms with Gasteiger partial charge in [0.1, 0.15) is 0 Å². The van der Waals surface area contributed by atoms with Gasteiger partial charge in [-0.3, -0.25) is 4.90 Å². The number of terminal acetylenes is 1. The molecular formula is C14H16BrClN2. The fourth-order valence-corrected chi connectivity index (χ4v) is 2.92. The topological polar surface area (TPSA) is 15.3 Å². The number of nitrogens with one attached hydrogen (secondary N) is 1. The molecule has 0 aliphatic carbocycles. The van der Waals surface area contributed by atoms with Crippen molar-refractivity contribution in [3.05, 3.63) is 27.7 Å². The van der Waals surface area contributed by atoms with Crippen molar-refractivity contribution < 1.29 is 0 Å². The van der Waals surface area contributed by atoms with Gasteiger partial charge in [-0.15, -0.1) is 6.42 Å². The highest BCUT2D eigenvalue weighted by Gasteiger charge is 2.18. The molecule has 1 aliphatic rings. The summed E-state index contributed by atoms with van der Waals surface area (Å²) >= 11 is 9.61. The maximum Gasteiger partial charge on any atom is 0.0648 e. The van der Waals surface area contributed by atoms with Crippen molar-refractivity contribution in [2.45, 2.75) is 18.9 Å². The lowest BCUT2D eigenvalue weighted by atomic mass is 10.0. The fraction of sp³-hybridized carbons (Fsp3) is 0.429. The highest BCUT2D eigenvalue weighted by atomic mass is 79.9. The Morgan fingerprint density at radius 3 is 2.78 bits per heavy atom. The van der Waals surface area contributed by atoms with Gasteiger partial charge in [0.2, 0.25) is 0 Å². The molecule has 0 radical (unpaired) electrons. The largest absolute Gasteiger partial charge is 0.381 e. The molecule has 2 rings (SSSR count). The first kappa shape index (κ1) is 13.7. The molecular weight excluding hydrogens is 312 g/mol. The van der Waals surface area contributed by atoms with E-state index in [9.17, 15) is 0 Å². The van der Waals surface area contributed by atoms with Crippen LogP contribution in [-0.4, -0.2) is 30.6 Å². The molecule has 1 aromatic rings. The second kappa shape index (κ2) is 6.47. The lowest BCUT2D eigenvalue weighted by molar-refractivity contribution is 0.243. The monoisotopic (exact) mass is 326 g/mol. The van der Waals surface area contributed by atoms with Gasteiger partial charge in [0.25, 0.3) is 0 Å². The third-order valence-corrected chi connectivity index (χ3v) is 4.00. The zero-order valence-corrected chi connectivity index (χ0v) is 12.5. The predicted octanol–water partition coefficient (Wildman–Crippen LogP) is 3.61. The predicted molar refractivity (Wildman–Crippen MR) is 81.1 cm³/mol. The summed E-state index contributed by atoms with van der Waals surface area (Å²) in [6.07, 6.45) is 7.53. The van der Waals surface area contributed by atoms with Crippen LogP contribution in [0.3, 0.4) is 0 Å². The average molecular weight is 328 g/mol. The molecule has 1 fully saturated rings. The number of anilines is 1. The summed E-state index contributed by atoms with van der Waals surface area (Å²) < 4.78 is 1.00. The summed E-state index contributed by atoms with van der Waals surface area (Å²) in [7, 11) is 0. The van der Waals surface area contributed by atoms with Gasteiger partial charge < -0.3 is 5.32 Å². The minimum atomic E-state index is 0.484. The maximum absolute atomic E-state index is 6.20. The van der Waals surface area contributed by atoms with Crippen LogP contribution >= 0.6 is 27.5 Å². The van der Waals surface area contributed by atoms with Crippen molar-refractivity contribution in [1.29, 1.82) is 0 Å². The summed E-state index contributed by atoms with van der Waals surface area (Å²) in [5, 5.41) is 4.27. The molecule has 4 heteroatoms. The van der Waals surface area contributed by atoms with Crippen LogP contribution in [0, 0.1) is 12.3 Å². The van der Waals surface area contributed by atoms with E-state index in [4.69, 9.17) is 18.0 Å². The molecule has 0 spiro atoms. The maximum atomic E-state index is 6.20. The molecule has 2 nitrogen and oxygen atoms in total. The second-order valence-electron chi connectivity index (χ2n) is 4.52. The smallest absolute Gasteiger partial charge is 0.0648 e. The third kappa shape index (κ3) is 3.65. The van der Waals surface area contributed by atoms with Crippen molar-refractivity contribution in [3.63, 3.8) is 0 Å². The molecule has 0 aromatic heterocycles. The fourth-order valence-electron chi connectivity index (χ4n) is 2.19. The summed E-state index contributed by atoms with van der Waals surface area (Å²) in [6.45, 7) is 2.86. The zero-order chi connectivity index (χ0) is 13.0. The van der Waals surface area contributed by atoms with E-state index in [1.54, 1.807) is 0 Å². The molecule has 1 saturated heterocycles. The Morgan fingerprint density at radius 2 is 2.17 bits per heavy atom. The number of rotatable bonds is 3. The van der Waals surface area contributed by atoms with Gasteiger partial charge in [-0.2, -0.15) is 0 Å². The number of piperidine rings is 1. The molecule has 1 aromatic carbocycles. The van der Waals surface area contributed by atoms with Crippen LogP contribution in [0.1, 0.15) is 12.8 Å². The standard InChI is InChI=1S/C14H16BrClN2/c1-2-7-18-8-5-12(6-9-18)17-14-4-3-11(15)10-13(14)16/h1,3-4,10,12,17H,5-9H2. The Balaban J connectivity index is 1.90. The van der Waals surface area contributed by atoms with E-state index in [2.05, 4.69) is 32.1 Å². The summed E-state index contributed by atoms with van der Waals surface area (Å²) in [6, 6.07) is 6.41. The Hall–Kier alpha value is -0.690. The number of likely N-dealkylation sites (tertiary alicyclic amines) is 1. The van der Waals surface area contributed by atoms with Crippen molar-refractivity contribution in [3.8, 4) is 12.3 Å². The van der Waals surface area contributed by atoms with Crippen LogP contribution in [0.15, 0.2) is 22.7 Å². The number of benzene rings is 1. The van der Waals surface area contributed by atoms with Gasteiger partial charge in [-0.05, 0) is 31.0 Å². The normalized spacial score (nSPS) is 17.4. The molecule has 1 heterocycles. The van der Waals surface area contributed by atoms with Gasteiger partial charge >= 0.3 is 0 Å². The van der Waals surface area contributed by atoms with Gasteiger partial charge in [-0.25, -0.2) is 0 Å². The summed E-state index contributed by atoms with van der Waals surface area (Å²) in [5.41, 5.74) is 1.01. The molecule has 0 unspecified atom stereocenters. The minimum Gasteiger partial charge on any atom is -0.381 e. The first-order valence-electron chi connectivity index (χ1n) is 6.06. The highest BCUT2D eigenvalue weighted by Crippen LogP contribution is 2.27. The lowest BCUT2D eigenvalue weighted by Crippen LogP contribution is -2.39. The molecule has 0 bridgehead atoms. The van der Waals surface area contributed by atoms with Gasteiger partial charge in [0.05, 0.1) is 17.3 Å². The Kier molecular flexibility index (Phi) is 4.94. The Labute approximate surface area is 122 Å². The molecule has 1 N–H and O–H groups in total. The molecule has 1 aliphatic heterocycles. The Bertz CT molecular complexity index is 448. The van der Waals surface area contributed by atoms with Crippen LogP contribution in [0.4, 0.5) is 5.69 Å². The van der Waals surface area contributed by atoms with E-state index in [1.165, 1.54) is 0 Å². The van der Waals surface area contributed by atoms with Crippen molar-refractivity contribution in [1.82, 2.24) is 4.90 Å². The highest BCUT2D eigenvalue weighted by molar-refractivity contribution is 9.10. The second-order valence-corrected chi connectivity index (χ2v) is 5.85. The van der Waals surface area contributed by atoms with E-state index >= 15 is 0 Å². The lowest BCUT2D eigenvalue weighted by Gasteiger charge is -2.31. The van der Waals surface area contributed by atoms with Gasteiger partial charge in [0, 0.05) is 23.6 Å². The quantitative estimate of drug-likeness (QED) is 0.853. The SMILES string of the molecule is C#CCN1CCC(Nc2ccc(Br)cc2Cl)CC1. The molecule has 0 saturated carbocycles. The number of hydrogen-bond donors (Lipinski definition) is 1. The van der Waals surface area contributed by atoms with E-state index in [0.717, 1.165) is 47.7 Å². The van der Waals surface area contributed by atoms with E-state index in [-0.39, 0.29) is 0 Å². The number of halogens is 2. The average Bonchev–Trinajstić information content (AvgIpc) is 2.35. The third-order valence-electron chi connectivity index (χ3n) is 3.19. The van der Waals surface area contributed by atoms with Crippen molar-refractivity contribution in [2.75, 3.05) is 25.0 Å². The number of nitrogens with zero attached hydrogens (tertiary/aromatic N) is 1. The van der Waals surface area contributed by atoms with Crippen LogP contribution in [0.25, 0.3) is 0 Å². The molecule has 18 heavy (non-hydrogen) atoms. The van der Waals surface area contributed by atoms with Crippen molar-refractivity contribution in [2.24, 2.45) is 0 Å². The Morgan fingerprint density at radius 1 is 1.44 bits per heavy atom. The van der Waals surface area contributed by atoms with E-state index in [0.29, 0.717) is 6.04 Å². The van der Waals surface area contributed by atoms with Gasteiger partial charge in [-0.1, -0.05) is 33.5 Å². The minimum absolute atomic E-state index is 0.484. The van der Waals surface area contributed by atoms with E-state index in [1.807, 2.05) is 18.2 Å². The molecule has 0 atom stereocenters. The van der Waals surface area contributed by atoms with E-state index < -0.39 is 0 Å². The first-order valence-corrected chi connectivity index (χ1v) is 7.23. The van der Waals surface area contributed by atoms with Crippen LogP contribution in [0.5, 0.6) is 0 Å². The zero-order valence-electron chi connectivity index (χ0n) is 10.1. The first-order chi connectivity index (χ1) is 8.69. The van der Waals surface area contributed by atoms with Crippen LogP contribution in [0.2, 0.25) is 5.02 Å². The van der Waals surface area contributed by atoms with Crippen LogP contribution in [-0.2, 0) is 0 Å². The number of hydrogen-bond acceptors (Lipinski definition) is 2. The summed E-state index contributed by atoms with van der Waals surface area (Å²) in [4.78, 5) is 2.31. The summed E-state index contributed by atoms with van der Waals surface area (Å²) in [5.74, 6) is 2.70. The molecule has 0 amide bonds. The van der Waals surface area contributed by atoms with Crippen molar-refractivity contribution >= 4 is 33.2 Å². The molecule has 96 valence electrons. The van der Waals surface area contributed by atoms with Gasteiger partial charge in [0.15, 0.2) is 0 Å².